The molecule has 2 atom stereocenters. The van der Waals surface area contributed by atoms with E-state index < -0.39 is 11.4 Å². The number of hydrogen-bond acceptors (Lipinski definition) is 2. The van der Waals surface area contributed by atoms with Crippen molar-refractivity contribution in [2.24, 2.45) is 11.3 Å². The van der Waals surface area contributed by atoms with Crippen molar-refractivity contribution in [3.63, 3.8) is 0 Å². The summed E-state index contributed by atoms with van der Waals surface area (Å²) in [6.45, 7) is 2.16. The predicted octanol–water partition coefficient (Wildman–Crippen LogP) is 4.33. The minimum atomic E-state index is -0.617. The quantitative estimate of drug-likeness (QED) is 0.897. The van der Waals surface area contributed by atoms with Gasteiger partial charge < -0.3 is 5.11 Å². The zero-order valence-corrected chi connectivity index (χ0v) is 12.3. The molecule has 0 aliphatic heterocycles. The zero-order chi connectivity index (χ0) is 12.5. The van der Waals surface area contributed by atoms with E-state index in [1.54, 1.807) is 11.3 Å². The molecule has 2 rings (SSSR count). The highest BCUT2D eigenvalue weighted by Gasteiger charge is 2.45. The summed E-state index contributed by atoms with van der Waals surface area (Å²) < 4.78 is 1.06. The van der Waals surface area contributed by atoms with Gasteiger partial charge in [0.2, 0.25) is 0 Å². The van der Waals surface area contributed by atoms with Crippen molar-refractivity contribution < 1.29 is 9.90 Å². The zero-order valence-electron chi connectivity index (χ0n) is 9.91. The van der Waals surface area contributed by atoms with Crippen LogP contribution in [-0.4, -0.2) is 11.1 Å². The summed E-state index contributed by atoms with van der Waals surface area (Å²) >= 11 is 5.15. The van der Waals surface area contributed by atoms with E-state index in [9.17, 15) is 9.90 Å². The second-order valence-electron chi connectivity index (χ2n) is 4.97. The summed E-state index contributed by atoms with van der Waals surface area (Å²) in [6, 6.07) is 2.00. The molecule has 0 radical (unpaired) electrons. The molecule has 2 nitrogen and oxygen atoms in total. The van der Waals surface area contributed by atoms with Crippen molar-refractivity contribution in [3.8, 4) is 0 Å². The Balaban J connectivity index is 2.19. The van der Waals surface area contributed by atoms with Gasteiger partial charge in [0.05, 0.1) is 5.41 Å². The molecule has 94 valence electrons. The highest BCUT2D eigenvalue weighted by atomic mass is 79.9. The minimum absolute atomic E-state index is 0.520. The van der Waals surface area contributed by atoms with Gasteiger partial charge in [-0.25, -0.2) is 0 Å². The van der Waals surface area contributed by atoms with Crippen molar-refractivity contribution in [3.05, 3.63) is 20.8 Å². The standard InChI is InChI=1S/C13H17BrO2S/c1-2-9-3-5-13(7-9,12(15)16)8-11-10(14)4-6-17-11/h4,6,9H,2-3,5,7-8H2,1H3,(H,15,16). The topological polar surface area (TPSA) is 37.3 Å². The van der Waals surface area contributed by atoms with Crippen molar-refractivity contribution in [2.75, 3.05) is 0 Å². The van der Waals surface area contributed by atoms with Gasteiger partial charge in [0, 0.05) is 9.35 Å². The molecule has 0 amide bonds. The fourth-order valence-corrected chi connectivity index (χ4v) is 4.41. The lowest BCUT2D eigenvalue weighted by molar-refractivity contribution is -0.148. The lowest BCUT2D eigenvalue weighted by Crippen LogP contribution is -2.30. The van der Waals surface area contributed by atoms with E-state index in [4.69, 9.17) is 0 Å². The lowest BCUT2D eigenvalue weighted by atomic mass is 9.81. The van der Waals surface area contributed by atoms with Crippen LogP contribution in [0.3, 0.4) is 0 Å². The third-order valence-corrected chi connectivity index (χ3v) is 5.86. The molecule has 0 spiro atoms. The van der Waals surface area contributed by atoms with E-state index in [1.807, 2.05) is 11.4 Å². The largest absolute Gasteiger partial charge is 0.481 e. The molecule has 4 heteroatoms. The van der Waals surface area contributed by atoms with Crippen LogP contribution in [0, 0.1) is 11.3 Å². The van der Waals surface area contributed by atoms with Gasteiger partial charge in [0.1, 0.15) is 0 Å². The Morgan fingerprint density at radius 1 is 1.71 bits per heavy atom. The normalized spacial score (nSPS) is 28.5. The van der Waals surface area contributed by atoms with Gasteiger partial charge in [-0.1, -0.05) is 13.3 Å². The van der Waals surface area contributed by atoms with Gasteiger partial charge >= 0.3 is 5.97 Å². The van der Waals surface area contributed by atoms with Gasteiger partial charge in [-0.15, -0.1) is 11.3 Å². The molecule has 2 unspecified atom stereocenters. The molecule has 1 N–H and O–H groups in total. The molecule has 1 aromatic rings. The Bertz CT molecular complexity index is 415. The van der Waals surface area contributed by atoms with Crippen molar-refractivity contribution in [1.82, 2.24) is 0 Å². The summed E-state index contributed by atoms with van der Waals surface area (Å²) in [5.41, 5.74) is -0.520. The van der Waals surface area contributed by atoms with Crippen LogP contribution < -0.4 is 0 Å². The van der Waals surface area contributed by atoms with Gasteiger partial charge in [0.15, 0.2) is 0 Å². The maximum absolute atomic E-state index is 11.6. The monoisotopic (exact) mass is 316 g/mol. The number of halogens is 1. The molecule has 0 aromatic carbocycles. The van der Waals surface area contributed by atoms with Crippen molar-refractivity contribution in [1.29, 1.82) is 0 Å². The highest BCUT2D eigenvalue weighted by molar-refractivity contribution is 9.10. The van der Waals surface area contributed by atoms with E-state index in [2.05, 4.69) is 22.9 Å². The second kappa shape index (κ2) is 5.11. The van der Waals surface area contributed by atoms with Gasteiger partial charge in [-0.05, 0) is 59.0 Å². The summed E-state index contributed by atoms with van der Waals surface area (Å²) in [7, 11) is 0. The van der Waals surface area contributed by atoms with Crippen LogP contribution in [0.5, 0.6) is 0 Å². The highest BCUT2D eigenvalue weighted by Crippen LogP contribution is 2.47. The average Bonchev–Trinajstić information content (AvgIpc) is 2.88. The molecule has 17 heavy (non-hydrogen) atoms. The van der Waals surface area contributed by atoms with Crippen LogP contribution in [0.2, 0.25) is 0 Å². The molecule has 0 saturated heterocycles. The number of carbonyl (C=O) groups is 1. The Labute approximate surface area is 114 Å². The molecule has 0 bridgehead atoms. The van der Waals surface area contributed by atoms with Gasteiger partial charge in [-0.3, -0.25) is 4.79 Å². The second-order valence-corrected chi connectivity index (χ2v) is 6.83. The first-order valence-corrected chi connectivity index (χ1v) is 7.70. The first kappa shape index (κ1) is 13.1. The Morgan fingerprint density at radius 3 is 2.94 bits per heavy atom. The van der Waals surface area contributed by atoms with E-state index in [-0.39, 0.29) is 0 Å². The van der Waals surface area contributed by atoms with Crippen molar-refractivity contribution in [2.45, 2.75) is 39.0 Å². The smallest absolute Gasteiger partial charge is 0.310 e. The van der Waals surface area contributed by atoms with Crippen molar-refractivity contribution >= 4 is 33.2 Å². The van der Waals surface area contributed by atoms with Crippen LogP contribution >= 0.6 is 27.3 Å². The first-order chi connectivity index (χ1) is 8.07. The van der Waals surface area contributed by atoms with E-state index in [0.29, 0.717) is 12.3 Å². The Morgan fingerprint density at radius 2 is 2.47 bits per heavy atom. The Kier molecular flexibility index (Phi) is 3.93. The summed E-state index contributed by atoms with van der Waals surface area (Å²) in [6.07, 6.45) is 4.50. The number of hydrogen-bond donors (Lipinski definition) is 1. The van der Waals surface area contributed by atoms with Crippen LogP contribution in [0.1, 0.15) is 37.5 Å². The molecule has 1 aromatic heterocycles. The maximum atomic E-state index is 11.6. The lowest BCUT2D eigenvalue weighted by Gasteiger charge is -2.24. The third-order valence-electron chi connectivity index (χ3n) is 3.93. The van der Waals surface area contributed by atoms with Crippen LogP contribution in [0.25, 0.3) is 0 Å². The Hall–Kier alpha value is -0.350. The molecule has 1 aliphatic rings. The van der Waals surface area contributed by atoms with E-state index in [1.165, 1.54) is 4.88 Å². The summed E-state index contributed by atoms with van der Waals surface area (Å²) in [5.74, 6) is -0.0291. The summed E-state index contributed by atoms with van der Waals surface area (Å²) in [4.78, 5) is 12.8. The number of carboxylic acid groups (broad SMARTS) is 1. The molecule has 1 aliphatic carbocycles. The summed E-state index contributed by atoms with van der Waals surface area (Å²) in [5, 5.41) is 11.6. The average molecular weight is 317 g/mol. The fourth-order valence-electron chi connectivity index (χ4n) is 2.77. The van der Waals surface area contributed by atoms with Crippen LogP contribution in [0.15, 0.2) is 15.9 Å². The van der Waals surface area contributed by atoms with Gasteiger partial charge in [0.25, 0.3) is 0 Å². The minimum Gasteiger partial charge on any atom is -0.481 e. The fraction of sp³-hybridized carbons (Fsp3) is 0.615. The molecule has 1 heterocycles. The number of carboxylic acids is 1. The molecule has 1 fully saturated rings. The number of rotatable bonds is 4. The number of aliphatic carboxylic acids is 1. The molecular formula is C13H17BrO2S. The van der Waals surface area contributed by atoms with Crippen LogP contribution in [-0.2, 0) is 11.2 Å². The predicted molar refractivity (Wildman–Crippen MR) is 73.4 cm³/mol. The SMILES string of the molecule is CCC1CCC(Cc2sccc2Br)(C(=O)O)C1. The first-order valence-electron chi connectivity index (χ1n) is 6.02. The van der Waals surface area contributed by atoms with E-state index >= 15 is 0 Å². The maximum Gasteiger partial charge on any atom is 0.310 e. The van der Waals surface area contributed by atoms with Crippen LogP contribution in [0.4, 0.5) is 0 Å². The third kappa shape index (κ3) is 2.58. The van der Waals surface area contributed by atoms with Gasteiger partial charge in [-0.2, -0.15) is 0 Å². The number of thiophene rings is 1. The molecule has 1 saturated carbocycles. The van der Waals surface area contributed by atoms with E-state index in [0.717, 1.165) is 30.2 Å². The molecular weight excluding hydrogens is 300 g/mol.